The van der Waals surface area contributed by atoms with E-state index in [-0.39, 0.29) is 11.8 Å². The molecule has 1 saturated heterocycles. The summed E-state index contributed by atoms with van der Waals surface area (Å²) in [4.78, 5) is 32.5. The lowest BCUT2D eigenvalue weighted by Crippen LogP contribution is -2.35. The van der Waals surface area contributed by atoms with Gasteiger partial charge in [-0.25, -0.2) is 15.0 Å². The van der Waals surface area contributed by atoms with Gasteiger partial charge >= 0.3 is 0 Å². The summed E-state index contributed by atoms with van der Waals surface area (Å²) in [6.07, 6.45) is 3.72. The highest BCUT2D eigenvalue weighted by atomic mass is 32.1. The maximum atomic E-state index is 12.4. The molecule has 9 nitrogen and oxygen atoms in total. The SMILES string of the molecule is Cc1cc(Nc2nc(C(=O)NCc3ccccn3)cs2)nc(C2CCCN(CC#N)C2)n1. The molecule has 0 aliphatic carbocycles. The van der Waals surface area contributed by atoms with Gasteiger partial charge in [-0.3, -0.25) is 14.7 Å². The summed E-state index contributed by atoms with van der Waals surface area (Å²) in [5.41, 5.74) is 1.99. The first-order valence-electron chi connectivity index (χ1n) is 10.5. The van der Waals surface area contributed by atoms with Gasteiger partial charge in [0.1, 0.15) is 17.3 Å². The summed E-state index contributed by atoms with van der Waals surface area (Å²) in [5, 5.41) is 17.3. The molecule has 1 fully saturated rings. The number of amides is 1. The highest BCUT2D eigenvalue weighted by Crippen LogP contribution is 2.27. The number of aryl methyl sites for hydroxylation is 1. The third kappa shape index (κ3) is 5.63. The summed E-state index contributed by atoms with van der Waals surface area (Å²) in [6.45, 7) is 4.43. The Labute approximate surface area is 190 Å². The van der Waals surface area contributed by atoms with Crippen molar-refractivity contribution in [1.82, 2.24) is 30.2 Å². The standard InChI is InChI=1S/C22H24N8OS/c1-15-11-19(28-20(26-15)16-5-4-9-30(13-16)10-7-23)29-22-27-18(14-32-22)21(31)25-12-17-6-2-3-8-24-17/h2-3,6,8,11,14,16H,4-5,9-10,12-13H2,1H3,(H,25,31)(H,26,27,28,29). The second kappa shape index (κ2) is 10.3. The van der Waals surface area contributed by atoms with Gasteiger partial charge in [-0.05, 0) is 38.4 Å². The molecule has 0 saturated carbocycles. The molecule has 0 spiro atoms. The van der Waals surface area contributed by atoms with E-state index in [1.54, 1.807) is 11.6 Å². The smallest absolute Gasteiger partial charge is 0.271 e. The van der Waals surface area contributed by atoms with Crippen LogP contribution in [0, 0.1) is 18.3 Å². The number of thiazole rings is 1. The molecule has 164 valence electrons. The van der Waals surface area contributed by atoms with Crippen molar-refractivity contribution in [2.45, 2.75) is 32.2 Å². The Hall–Kier alpha value is -3.42. The lowest BCUT2D eigenvalue weighted by atomic mass is 9.97. The van der Waals surface area contributed by atoms with Crippen LogP contribution in [-0.4, -0.2) is 50.4 Å². The van der Waals surface area contributed by atoms with Crippen LogP contribution in [-0.2, 0) is 6.54 Å². The van der Waals surface area contributed by atoms with Crippen molar-refractivity contribution >= 4 is 28.2 Å². The highest BCUT2D eigenvalue weighted by molar-refractivity contribution is 7.14. The average Bonchev–Trinajstić information content (AvgIpc) is 3.27. The Morgan fingerprint density at radius 1 is 1.34 bits per heavy atom. The first-order valence-corrected chi connectivity index (χ1v) is 11.3. The van der Waals surface area contributed by atoms with Crippen LogP contribution < -0.4 is 10.6 Å². The van der Waals surface area contributed by atoms with Gasteiger partial charge < -0.3 is 10.6 Å². The molecule has 2 N–H and O–H groups in total. The number of rotatable bonds is 7. The Morgan fingerprint density at radius 3 is 3.06 bits per heavy atom. The van der Waals surface area contributed by atoms with Gasteiger partial charge in [0.05, 0.1) is 24.9 Å². The van der Waals surface area contributed by atoms with E-state index in [1.165, 1.54) is 11.3 Å². The number of hydrogen-bond acceptors (Lipinski definition) is 9. The first-order chi connectivity index (χ1) is 15.6. The number of likely N-dealkylation sites (tertiary alicyclic amines) is 1. The van der Waals surface area contributed by atoms with Crippen LogP contribution in [0.3, 0.4) is 0 Å². The van der Waals surface area contributed by atoms with Crippen LogP contribution >= 0.6 is 11.3 Å². The summed E-state index contributed by atoms with van der Waals surface area (Å²) in [6, 6.07) is 9.66. The molecular weight excluding hydrogens is 424 g/mol. The van der Waals surface area contributed by atoms with Crippen LogP contribution in [0.15, 0.2) is 35.8 Å². The third-order valence-electron chi connectivity index (χ3n) is 5.16. The maximum absolute atomic E-state index is 12.4. The van der Waals surface area contributed by atoms with E-state index in [0.717, 1.165) is 43.1 Å². The fourth-order valence-electron chi connectivity index (χ4n) is 3.66. The van der Waals surface area contributed by atoms with Crippen LogP contribution in [0.1, 0.15) is 46.5 Å². The fourth-order valence-corrected chi connectivity index (χ4v) is 4.35. The van der Waals surface area contributed by atoms with Gasteiger partial charge in [0.15, 0.2) is 5.13 Å². The minimum atomic E-state index is -0.251. The number of anilines is 2. The summed E-state index contributed by atoms with van der Waals surface area (Å²) >= 11 is 1.35. The molecule has 10 heteroatoms. The molecule has 1 amide bonds. The summed E-state index contributed by atoms with van der Waals surface area (Å²) < 4.78 is 0. The highest BCUT2D eigenvalue weighted by Gasteiger charge is 2.24. The third-order valence-corrected chi connectivity index (χ3v) is 5.92. The van der Waals surface area contributed by atoms with Crippen molar-refractivity contribution in [3.8, 4) is 6.07 Å². The lowest BCUT2D eigenvalue weighted by molar-refractivity contribution is 0.0946. The van der Waals surface area contributed by atoms with E-state index in [9.17, 15) is 4.79 Å². The van der Waals surface area contributed by atoms with Crippen molar-refractivity contribution in [3.63, 3.8) is 0 Å². The molecule has 0 aromatic carbocycles. The molecule has 0 bridgehead atoms. The first kappa shape index (κ1) is 21.8. The average molecular weight is 449 g/mol. The minimum absolute atomic E-state index is 0.196. The quantitative estimate of drug-likeness (QED) is 0.529. The van der Waals surface area contributed by atoms with Crippen molar-refractivity contribution in [2.24, 2.45) is 0 Å². The monoisotopic (exact) mass is 448 g/mol. The number of aromatic nitrogens is 4. The number of hydrogen-bond donors (Lipinski definition) is 2. The molecule has 32 heavy (non-hydrogen) atoms. The van der Waals surface area contributed by atoms with E-state index in [1.807, 2.05) is 31.2 Å². The number of carbonyl (C=O) groups is 1. The fraction of sp³-hybridized carbons (Fsp3) is 0.364. The largest absolute Gasteiger partial charge is 0.345 e. The van der Waals surface area contributed by atoms with Crippen molar-refractivity contribution in [1.29, 1.82) is 5.26 Å². The molecule has 3 aromatic heterocycles. The van der Waals surface area contributed by atoms with E-state index >= 15 is 0 Å². The molecule has 1 aliphatic heterocycles. The molecule has 1 aliphatic rings. The number of carbonyl (C=O) groups excluding carboxylic acids is 1. The Morgan fingerprint density at radius 2 is 2.25 bits per heavy atom. The van der Waals surface area contributed by atoms with Gasteiger partial charge in [-0.2, -0.15) is 5.26 Å². The van der Waals surface area contributed by atoms with Crippen molar-refractivity contribution in [3.05, 3.63) is 58.7 Å². The zero-order valence-electron chi connectivity index (χ0n) is 17.8. The zero-order valence-corrected chi connectivity index (χ0v) is 18.6. The van der Waals surface area contributed by atoms with Crippen LogP contribution in [0.2, 0.25) is 0 Å². The van der Waals surface area contributed by atoms with Gasteiger partial charge in [-0.15, -0.1) is 11.3 Å². The van der Waals surface area contributed by atoms with E-state index in [4.69, 9.17) is 10.2 Å². The second-order valence-electron chi connectivity index (χ2n) is 7.65. The lowest BCUT2D eigenvalue weighted by Gasteiger charge is -2.30. The van der Waals surface area contributed by atoms with Gasteiger partial charge in [-0.1, -0.05) is 6.07 Å². The molecule has 4 rings (SSSR count). The summed E-state index contributed by atoms with van der Waals surface area (Å²) in [5.74, 6) is 1.38. The molecule has 0 radical (unpaired) electrons. The molecule has 1 unspecified atom stereocenters. The predicted octanol–water partition coefficient (Wildman–Crippen LogP) is 3.01. The number of pyridine rings is 1. The topological polar surface area (TPSA) is 120 Å². The van der Waals surface area contributed by atoms with Gasteiger partial charge in [0, 0.05) is 35.8 Å². The Balaban J connectivity index is 1.41. The zero-order chi connectivity index (χ0) is 22.3. The second-order valence-corrected chi connectivity index (χ2v) is 8.51. The Bertz CT molecular complexity index is 1110. The van der Waals surface area contributed by atoms with E-state index in [0.29, 0.717) is 29.7 Å². The van der Waals surface area contributed by atoms with E-state index < -0.39 is 0 Å². The minimum Gasteiger partial charge on any atom is -0.345 e. The maximum Gasteiger partial charge on any atom is 0.271 e. The number of nitrogens with zero attached hydrogens (tertiary/aromatic N) is 6. The van der Waals surface area contributed by atoms with Crippen LogP contribution in [0.25, 0.3) is 0 Å². The molecule has 4 heterocycles. The van der Waals surface area contributed by atoms with Crippen LogP contribution in [0.4, 0.5) is 10.9 Å². The van der Waals surface area contributed by atoms with Gasteiger partial charge in [0.25, 0.3) is 5.91 Å². The molecular formula is C22H24N8OS. The Kier molecular flexibility index (Phi) is 6.99. The molecule has 1 atom stereocenters. The van der Waals surface area contributed by atoms with Crippen LogP contribution in [0.5, 0.6) is 0 Å². The van der Waals surface area contributed by atoms with Gasteiger partial charge in [0.2, 0.25) is 0 Å². The predicted molar refractivity (Wildman–Crippen MR) is 122 cm³/mol. The van der Waals surface area contributed by atoms with E-state index in [2.05, 4.69) is 36.6 Å². The number of nitrogens with one attached hydrogen (secondary N) is 2. The normalized spacial score (nSPS) is 16.3. The molecule has 3 aromatic rings. The summed E-state index contributed by atoms with van der Waals surface area (Å²) in [7, 11) is 0. The number of nitriles is 1. The van der Waals surface area contributed by atoms with Crippen molar-refractivity contribution < 1.29 is 4.79 Å². The number of piperidine rings is 1. The van der Waals surface area contributed by atoms with Crippen molar-refractivity contribution in [2.75, 3.05) is 25.0 Å².